The predicted molar refractivity (Wildman–Crippen MR) is 111 cm³/mol. The van der Waals surface area contributed by atoms with Gasteiger partial charge in [-0.15, -0.1) is 0 Å². The number of carbonyl (C=O) groups is 3. The second kappa shape index (κ2) is 13.4. The summed E-state index contributed by atoms with van der Waals surface area (Å²) in [5, 5.41) is 0. The van der Waals surface area contributed by atoms with Crippen molar-refractivity contribution >= 4 is 17.7 Å². The molecule has 8 nitrogen and oxygen atoms in total. The average molecular weight is 408 g/mol. The van der Waals surface area contributed by atoms with Crippen molar-refractivity contribution in [3.8, 4) is 11.5 Å². The fraction of sp³-hybridized carbons (Fsp3) is 0.571. The number of nitrogens with one attached hydrogen (secondary N) is 2. The lowest BCUT2D eigenvalue weighted by molar-refractivity contribution is -0.131. The van der Waals surface area contributed by atoms with Crippen LogP contribution in [0.4, 0.5) is 0 Å². The highest BCUT2D eigenvalue weighted by molar-refractivity contribution is 5.96. The topological polar surface area (TPSA) is 97.0 Å². The van der Waals surface area contributed by atoms with Crippen molar-refractivity contribution in [1.29, 1.82) is 0 Å². The van der Waals surface area contributed by atoms with Crippen LogP contribution in [0.2, 0.25) is 0 Å². The van der Waals surface area contributed by atoms with Crippen molar-refractivity contribution in [2.45, 2.75) is 52.9 Å². The van der Waals surface area contributed by atoms with E-state index in [1.807, 2.05) is 25.7 Å². The van der Waals surface area contributed by atoms with Gasteiger partial charge < -0.3 is 14.4 Å². The van der Waals surface area contributed by atoms with E-state index in [9.17, 15) is 14.4 Å². The van der Waals surface area contributed by atoms with E-state index in [1.54, 1.807) is 18.2 Å². The molecule has 0 fully saturated rings. The molecule has 1 aromatic rings. The summed E-state index contributed by atoms with van der Waals surface area (Å²) in [5.74, 6) is 0.231. The first-order valence-electron chi connectivity index (χ1n) is 10.1. The second-order valence-corrected chi connectivity index (χ2v) is 6.54. The van der Waals surface area contributed by atoms with Gasteiger partial charge in [0, 0.05) is 31.5 Å². The van der Waals surface area contributed by atoms with Crippen LogP contribution in [0.15, 0.2) is 18.2 Å². The van der Waals surface area contributed by atoms with Gasteiger partial charge in [0.25, 0.3) is 5.91 Å². The van der Waals surface area contributed by atoms with Crippen molar-refractivity contribution in [1.82, 2.24) is 15.8 Å². The molecule has 0 aliphatic carbocycles. The summed E-state index contributed by atoms with van der Waals surface area (Å²) in [5.41, 5.74) is 5.08. The molecular weight excluding hydrogens is 374 g/mol. The van der Waals surface area contributed by atoms with E-state index < -0.39 is 5.91 Å². The van der Waals surface area contributed by atoms with E-state index in [-0.39, 0.29) is 18.2 Å². The van der Waals surface area contributed by atoms with E-state index in [1.165, 1.54) is 7.11 Å². The third-order valence-corrected chi connectivity index (χ3v) is 4.18. The molecule has 8 heteroatoms. The molecule has 0 unspecified atom stereocenters. The lowest BCUT2D eigenvalue weighted by Gasteiger charge is -2.21. The normalized spacial score (nSPS) is 10.2. The van der Waals surface area contributed by atoms with Gasteiger partial charge in [-0.25, -0.2) is 0 Å². The van der Waals surface area contributed by atoms with Crippen LogP contribution in [0.25, 0.3) is 0 Å². The molecular formula is C21H33N3O5. The quantitative estimate of drug-likeness (QED) is 0.519. The molecule has 0 bridgehead atoms. The molecule has 0 aliphatic heterocycles. The van der Waals surface area contributed by atoms with Crippen LogP contribution in [0.5, 0.6) is 11.5 Å². The molecule has 0 saturated carbocycles. The van der Waals surface area contributed by atoms with Crippen LogP contribution in [-0.4, -0.2) is 49.4 Å². The smallest absolute Gasteiger partial charge is 0.269 e. The number of methoxy groups -OCH3 is 1. The molecule has 0 heterocycles. The summed E-state index contributed by atoms with van der Waals surface area (Å²) >= 11 is 0. The maximum absolute atomic E-state index is 12.2. The number of rotatable bonds is 12. The van der Waals surface area contributed by atoms with Gasteiger partial charge in [0.2, 0.25) is 11.8 Å². The van der Waals surface area contributed by atoms with E-state index in [0.29, 0.717) is 36.5 Å². The van der Waals surface area contributed by atoms with Crippen LogP contribution < -0.4 is 20.3 Å². The van der Waals surface area contributed by atoms with Gasteiger partial charge in [-0.3, -0.25) is 25.2 Å². The van der Waals surface area contributed by atoms with Crippen molar-refractivity contribution in [3.63, 3.8) is 0 Å². The molecule has 3 amide bonds. The van der Waals surface area contributed by atoms with Gasteiger partial charge in [0.05, 0.1) is 13.7 Å². The third-order valence-electron chi connectivity index (χ3n) is 4.18. The SMILES string of the molecule is CCCN(CCC)C(=O)CCCC(=O)NNC(=O)c1ccc(OCC)c(OC)c1. The van der Waals surface area contributed by atoms with Crippen LogP contribution in [-0.2, 0) is 9.59 Å². The molecule has 0 aromatic heterocycles. The Hall–Kier alpha value is -2.77. The fourth-order valence-electron chi connectivity index (χ4n) is 2.80. The second-order valence-electron chi connectivity index (χ2n) is 6.54. The van der Waals surface area contributed by atoms with Gasteiger partial charge in [-0.1, -0.05) is 13.8 Å². The number of hydrogen-bond acceptors (Lipinski definition) is 5. The maximum Gasteiger partial charge on any atom is 0.269 e. The van der Waals surface area contributed by atoms with Crippen LogP contribution in [0, 0.1) is 0 Å². The number of nitrogens with zero attached hydrogens (tertiary/aromatic N) is 1. The Labute approximate surface area is 172 Å². The van der Waals surface area contributed by atoms with Crippen molar-refractivity contribution in [2.75, 3.05) is 26.8 Å². The zero-order valence-electron chi connectivity index (χ0n) is 17.9. The first-order valence-corrected chi connectivity index (χ1v) is 10.1. The summed E-state index contributed by atoms with van der Waals surface area (Å²) in [6, 6.07) is 4.77. The first kappa shape index (κ1) is 24.3. The Morgan fingerprint density at radius 1 is 0.966 bits per heavy atom. The fourth-order valence-corrected chi connectivity index (χ4v) is 2.80. The maximum atomic E-state index is 12.2. The molecule has 0 spiro atoms. The van der Waals surface area contributed by atoms with Gasteiger partial charge in [-0.2, -0.15) is 0 Å². The standard InChI is InChI=1S/C21H33N3O5/c1-5-13-24(14-6-2)20(26)10-8-9-19(25)22-23-21(27)16-11-12-17(29-7-3)18(15-16)28-4/h11-12,15H,5-10,13-14H2,1-4H3,(H,22,25)(H,23,27). The van der Waals surface area contributed by atoms with Gasteiger partial charge in [0.15, 0.2) is 11.5 Å². The lowest BCUT2D eigenvalue weighted by atomic mass is 10.2. The van der Waals surface area contributed by atoms with Crippen molar-refractivity contribution in [3.05, 3.63) is 23.8 Å². The number of carbonyl (C=O) groups excluding carboxylic acids is 3. The Bertz CT molecular complexity index is 672. The number of hydrogen-bond donors (Lipinski definition) is 2. The largest absolute Gasteiger partial charge is 0.493 e. The Morgan fingerprint density at radius 3 is 2.24 bits per heavy atom. The number of hydrazine groups is 1. The van der Waals surface area contributed by atoms with Gasteiger partial charge in [0.1, 0.15) is 0 Å². The number of ether oxygens (including phenoxy) is 2. The summed E-state index contributed by atoms with van der Waals surface area (Å²) in [7, 11) is 1.49. The number of amides is 3. The molecule has 0 atom stereocenters. The molecule has 0 saturated heterocycles. The van der Waals surface area contributed by atoms with E-state index in [2.05, 4.69) is 10.9 Å². The summed E-state index contributed by atoms with van der Waals surface area (Å²) in [4.78, 5) is 38.2. The summed E-state index contributed by atoms with van der Waals surface area (Å²) < 4.78 is 10.6. The Kier molecular flexibility index (Phi) is 11.2. The van der Waals surface area contributed by atoms with Crippen LogP contribution >= 0.6 is 0 Å². The Balaban J connectivity index is 2.44. The predicted octanol–water partition coefficient (Wildman–Crippen LogP) is 2.67. The first-order chi connectivity index (χ1) is 14.0. The molecule has 1 aromatic carbocycles. The zero-order chi connectivity index (χ0) is 21.6. The molecule has 29 heavy (non-hydrogen) atoms. The van der Waals surface area contributed by atoms with E-state index >= 15 is 0 Å². The highest BCUT2D eigenvalue weighted by atomic mass is 16.5. The zero-order valence-corrected chi connectivity index (χ0v) is 17.9. The minimum absolute atomic E-state index is 0.0621. The minimum Gasteiger partial charge on any atom is -0.493 e. The van der Waals surface area contributed by atoms with Crippen LogP contribution in [0.3, 0.4) is 0 Å². The van der Waals surface area contributed by atoms with E-state index in [4.69, 9.17) is 9.47 Å². The van der Waals surface area contributed by atoms with Crippen molar-refractivity contribution < 1.29 is 23.9 Å². The van der Waals surface area contributed by atoms with Crippen LogP contribution in [0.1, 0.15) is 63.2 Å². The summed E-state index contributed by atoms with van der Waals surface area (Å²) in [6.07, 6.45) is 2.73. The van der Waals surface area contributed by atoms with Gasteiger partial charge in [-0.05, 0) is 44.4 Å². The van der Waals surface area contributed by atoms with Crippen molar-refractivity contribution in [2.24, 2.45) is 0 Å². The van der Waals surface area contributed by atoms with Gasteiger partial charge >= 0.3 is 0 Å². The molecule has 0 aliphatic rings. The molecule has 162 valence electrons. The molecule has 2 N–H and O–H groups in total. The third kappa shape index (κ3) is 8.41. The lowest BCUT2D eigenvalue weighted by Crippen LogP contribution is -2.41. The average Bonchev–Trinajstić information content (AvgIpc) is 2.72. The minimum atomic E-state index is -0.465. The molecule has 0 radical (unpaired) electrons. The summed E-state index contributed by atoms with van der Waals surface area (Å²) in [6.45, 7) is 7.88. The highest BCUT2D eigenvalue weighted by Crippen LogP contribution is 2.27. The number of benzene rings is 1. The Morgan fingerprint density at radius 2 is 1.66 bits per heavy atom. The monoisotopic (exact) mass is 407 g/mol. The molecule has 1 rings (SSSR count). The highest BCUT2D eigenvalue weighted by Gasteiger charge is 2.14. The van der Waals surface area contributed by atoms with E-state index in [0.717, 1.165) is 25.9 Å².